The lowest BCUT2D eigenvalue weighted by Crippen LogP contribution is -2.14. The molecule has 2 aromatic carbocycles. The zero-order valence-corrected chi connectivity index (χ0v) is 13.3. The standard InChI is InChI=1S/C13H12BrFN2O3S/c1-20-12-4-3-9(16)7-11(12)17-21(18,19)13-5-2-8(15)6-10(13)14/h2-7,17H,16H2,1H3. The van der Waals surface area contributed by atoms with E-state index in [-0.39, 0.29) is 15.1 Å². The monoisotopic (exact) mass is 374 g/mol. The Hall–Kier alpha value is -1.80. The maximum atomic E-state index is 13.1. The highest BCUT2D eigenvalue weighted by Gasteiger charge is 2.20. The van der Waals surface area contributed by atoms with Crippen molar-refractivity contribution >= 4 is 37.3 Å². The van der Waals surface area contributed by atoms with Crippen molar-refractivity contribution in [2.24, 2.45) is 0 Å². The minimum absolute atomic E-state index is 0.0895. The third kappa shape index (κ3) is 3.45. The van der Waals surface area contributed by atoms with E-state index in [0.29, 0.717) is 11.4 Å². The van der Waals surface area contributed by atoms with Gasteiger partial charge in [-0.05, 0) is 52.3 Å². The molecule has 0 amide bonds. The SMILES string of the molecule is COc1ccc(N)cc1NS(=O)(=O)c1ccc(F)cc1Br. The number of benzene rings is 2. The molecule has 0 saturated heterocycles. The Kier molecular flexibility index (Phi) is 4.38. The molecule has 0 fully saturated rings. The van der Waals surface area contributed by atoms with Crippen molar-refractivity contribution in [3.63, 3.8) is 0 Å². The first-order chi connectivity index (χ1) is 9.83. The van der Waals surface area contributed by atoms with Gasteiger partial charge in [0.25, 0.3) is 10.0 Å². The van der Waals surface area contributed by atoms with Gasteiger partial charge in [-0.15, -0.1) is 0 Å². The third-order valence-electron chi connectivity index (χ3n) is 2.65. The second-order valence-corrected chi connectivity index (χ2v) is 6.65. The van der Waals surface area contributed by atoms with Gasteiger partial charge in [0.15, 0.2) is 0 Å². The molecule has 3 N–H and O–H groups in total. The number of hydrogen-bond donors (Lipinski definition) is 2. The molecule has 5 nitrogen and oxygen atoms in total. The van der Waals surface area contributed by atoms with Crippen molar-refractivity contribution < 1.29 is 17.5 Å². The molecule has 0 spiro atoms. The number of nitrogens with one attached hydrogen (secondary N) is 1. The summed E-state index contributed by atoms with van der Waals surface area (Å²) in [6, 6.07) is 7.88. The summed E-state index contributed by atoms with van der Waals surface area (Å²) in [6.45, 7) is 0. The van der Waals surface area contributed by atoms with Crippen LogP contribution in [0, 0.1) is 5.82 Å². The van der Waals surface area contributed by atoms with Crippen LogP contribution in [-0.4, -0.2) is 15.5 Å². The molecule has 0 aromatic heterocycles. The number of ether oxygens (including phenoxy) is 1. The summed E-state index contributed by atoms with van der Waals surface area (Å²) in [5.41, 5.74) is 6.22. The van der Waals surface area contributed by atoms with E-state index >= 15 is 0 Å². The molecule has 0 aliphatic carbocycles. The topological polar surface area (TPSA) is 81.4 Å². The van der Waals surface area contributed by atoms with E-state index in [4.69, 9.17) is 10.5 Å². The largest absolute Gasteiger partial charge is 0.495 e. The second-order valence-electron chi connectivity index (χ2n) is 4.14. The van der Waals surface area contributed by atoms with Gasteiger partial charge in [0, 0.05) is 10.2 Å². The number of nitrogen functional groups attached to an aromatic ring is 1. The van der Waals surface area contributed by atoms with Gasteiger partial charge in [-0.25, -0.2) is 12.8 Å². The minimum atomic E-state index is -3.91. The van der Waals surface area contributed by atoms with Crippen LogP contribution in [0.15, 0.2) is 45.8 Å². The van der Waals surface area contributed by atoms with Gasteiger partial charge in [0.2, 0.25) is 0 Å². The Morgan fingerprint density at radius 1 is 1.24 bits per heavy atom. The average Bonchev–Trinajstić information content (AvgIpc) is 2.37. The lowest BCUT2D eigenvalue weighted by Gasteiger charge is -2.13. The second kappa shape index (κ2) is 5.90. The molecule has 2 aromatic rings. The Bertz CT molecular complexity index is 781. The van der Waals surface area contributed by atoms with Crippen molar-refractivity contribution in [1.29, 1.82) is 0 Å². The van der Waals surface area contributed by atoms with Gasteiger partial charge < -0.3 is 10.5 Å². The van der Waals surface area contributed by atoms with Gasteiger partial charge >= 0.3 is 0 Å². The molecule has 0 saturated carbocycles. The van der Waals surface area contributed by atoms with Crippen molar-refractivity contribution in [1.82, 2.24) is 0 Å². The Morgan fingerprint density at radius 2 is 1.95 bits per heavy atom. The van der Waals surface area contributed by atoms with Gasteiger partial charge in [-0.1, -0.05) is 0 Å². The summed E-state index contributed by atoms with van der Waals surface area (Å²) in [5.74, 6) is -0.214. The van der Waals surface area contributed by atoms with E-state index < -0.39 is 15.8 Å². The summed E-state index contributed by atoms with van der Waals surface area (Å²) in [5, 5.41) is 0. The van der Waals surface area contributed by atoms with Crippen molar-refractivity contribution in [3.05, 3.63) is 46.7 Å². The highest BCUT2D eigenvalue weighted by atomic mass is 79.9. The molecule has 0 aliphatic heterocycles. The van der Waals surface area contributed by atoms with Crippen LogP contribution in [0.1, 0.15) is 0 Å². The van der Waals surface area contributed by atoms with Crippen LogP contribution < -0.4 is 15.2 Å². The smallest absolute Gasteiger partial charge is 0.263 e. The van der Waals surface area contributed by atoms with Crippen molar-refractivity contribution in [3.8, 4) is 5.75 Å². The third-order valence-corrected chi connectivity index (χ3v) is 4.99. The minimum Gasteiger partial charge on any atom is -0.495 e. The van der Waals surface area contributed by atoms with E-state index in [9.17, 15) is 12.8 Å². The van der Waals surface area contributed by atoms with Gasteiger partial charge in [0.05, 0.1) is 12.8 Å². The zero-order valence-electron chi connectivity index (χ0n) is 10.9. The first-order valence-corrected chi connectivity index (χ1v) is 8.02. The molecular weight excluding hydrogens is 363 g/mol. The lowest BCUT2D eigenvalue weighted by molar-refractivity contribution is 0.417. The molecule has 0 radical (unpaired) electrons. The number of sulfonamides is 1. The number of methoxy groups -OCH3 is 1. The molecule has 21 heavy (non-hydrogen) atoms. The summed E-state index contributed by atoms with van der Waals surface area (Å²) >= 11 is 3.03. The van der Waals surface area contributed by atoms with E-state index in [0.717, 1.165) is 12.1 Å². The number of rotatable bonds is 4. The van der Waals surface area contributed by atoms with Crippen LogP contribution in [-0.2, 0) is 10.0 Å². The van der Waals surface area contributed by atoms with Crippen LogP contribution in [0.2, 0.25) is 0 Å². The fraction of sp³-hybridized carbons (Fsp3) is 0.0769. The summed E-state index contributed by atoms with van der Waals surface area (Å²) in [6.07, 6.45) is 0. The van der Waals surface area contributed by atoms with Gasteiger partial charge in [-0.3, -0.25) is 4.72 Å². The van der Waals surface area contributed by atoms with Crippen molar-refractivity contribution in [2.75, 3.05) is 17.6 Å². The van der Waals surface area contributed by atoms with E-state index in [1.54, 1.807) is 12.1 Å². The fourth-order valence-corrected chi connectivity index (χ4v) is 3.81. The summed E-state index contributed by atoms with van der Waals surface area (Å²) in [7, 11) is -2.50. The molecular formula is C13H12BrFN2O3S. The van der Waals surface area contributed by atoms with E-state index in [1.807, 2.05) is 0 Å². The fourth-order valence-electron chi connectivity index (χ4n) is 1.70. The Morgan fingerprint density at radius 3 is 2.57 bits per heavy atom. The van der Waals surface area contributed by atoms with E-state index in [1.165, 1.54) is 19.2 Å². The summed E-state index contributed by atoms with van der Waals surface area (Å²) < 4.78 is 45.3. The first-order valence-electron chi connectivity index (χ1n) is 5.75. The molecule has 0 aliphatic rings. The molecule has 0 bridgehead atoms. The quantitative estimate of drug-likeness (QED) is 0.806. The Balaban J connectivity index is 2.44. The highest BCUT2D eigenvalue weighted by Crippen LogP contribution is 2.30. The maximum absolute atomic E-state index is 13.1. The maximum Gasteiger partial charge on any atom is 0.263 e. The zero-order chi connectivity index (χ0) is 15.6. The predicted molar refractivity (Wildman–Crippen MR) is 82.3 cm³/mol. The van der Waals surface area contributed by atoms with E-state index in [2.05, 4.69) is 20.7 Å². The molecule has 2 rings (SSSR count). The number of nitrogens with two attached hydrogens (primary N) is 1. The molecule has 0 heterocycles. The predicted octanol–water partition coefficient (Wildman–Crippen LogP) is 2.98. The van der Waals surface area contributed by atoms with Gasteiger partial charge in [0.1, 0.15) is 16.5 Å². The van der Waals surface area contributed by atoms with Crippen LogP contribution in [0.4, 0.5) is 15.8 Å². The van der Waals surface area contributed by atoms with Crippen LogP contribution >= 0.6 is 15.9 Å². The highest BCUT2D eigenvalue weighted by molar-refractivity contribution is 9.10. The van der Waals surface area contributed by atoms with Gasteiger partial charge in [-0.2, -0.15) is 0 Å². The molecule has 0 unspecified atom stereocenters. The van der Waals surface area contributed by atoms with Crippen LogP contribution in [0.5, 0.6) is 5.75 Å². The number of halogens is 2. The van der Waals surface area contributed by atoms with Crippen LogP contribution in [0.3, 0.4) is 0 Å². The molecule has 8 heteroatoms. The number of hydrogen-bond acceptors (Lipinski definition) is 4. The summed E-state index contributed by atoms with van der Waals surface area (Å²) in [4.78, 5) is -0.0895. The lowest BCUT2D eigenvalue weighted by atomic mass is 10.2. The Labute approximate surface area is 130 Å². The van der Waals surface area contributed by atoms with Crippen molar-refractivity contribution in [2.45, 2.75) is 4.90 Å². The van der Waals surface area contributed by atoms with Crippen LogP contribution in [0.25, 0.3) is 0 Å². The normalized spacial score (nSPS) is 11.2. The first kappa shape index (κ1) is 15.6. The number of anilines is 2. The molecule has 0 atom stereocenters. The molecule has 112 valence electrons. The average molecular weight is 375 g/mol.